The first-order chi connectivity index (χ1) is 7.97. The molecule has 94 valence electrons. The Hall–Kier alpha value is -1.00. The van der Waals surface area contributed by atoms with Crippen LogP contribution in [0.1, 0.15) is 60.3 Å². The van der Waals surface area contributed by atoms with Gasteiger partial charge in [0.25, 0.3) is 0 Å². The highest BCUT2D eigenvalue weighted by atomic mass is 14.3. The summed E-state index contributed by atoms with van der Waals surface area (Å²) in [5.74, 6) is 0. The van der Waals surface area contributed by atoms with Crippen molar-refractivity contribution in [2.24, 2.45) is 5.41 Å². The van der Waals surface area contributed by atoms with Crippen molar-refractivity contribution in [3.63, 3.8) is 0 Å². The van der Waals surface area contributed by atoms with Crippen molar-refractivity contribution in [1.29, 1.82) is 0 Å². The summed E-state index contributed by atoms with van der Waals surface area (Å²) < 4.78 is 0. The Morgan fingerprint density at radius 1 is 1.47 bits per heavy atom. The lowest BCUT2D eigenvalue weighted by atomic mass is 9.73. The van der Waals surface area contributed by atoms with Crippen LogP contribution in [0.5, 0.6) is 0 Å². The SMILES string of the molecule is CCC=C=C(C)C/C=C1\C(C)=CCCC1(C)C. The van der Waals surface area contributed by atoms with E-state index in [0.717, 1.165) is 12.8 Å². The van der Waals surface area contributed by atoms with E-state index < -0.39 is 0 Å². The van der Waals surface area contributed by atoms with Gasteiger partial charge in [-0.05, 0) is 62.2 Å². The minimum atomic E-state index is 0.341. The molecule has 0 radical (unpaired) electrons. The zero-order valence-electron chi connectivity index (χ0n) is 12.1. The highest BCUT2D eigenvalue weighted by Crippen LogP contribution is 2.40. The first-order valence-corrected chi connectivity index (χ1v) is 6.75. The molecule has 1 rings (SSSR count). The molecule has 0 spiro atoms. The van der Waals surface area contributed by atoms with Gasteiger partial charge in [-0.15, -0.1) is 5.73 Å². The highest BCUT2D eigenvalue weighted by Gasteiger charge is 2.26. The van der Waals surface area contributed by atoms with Gasteiger partial charge in [-0.3, -0.25) is 0 Å². The summed E-state index contributed by atoms with van der Waals surface area (Å²) in [6.45, 7) is 11.3. The highest BCUT2D eigenvalue weighted by molar-refractivity contribution is 5.37. The largest absolute Gasteiger partial charge is 0.126 e. The first-order valence-electron chi connectivity index (χ1n) is 6.75. The number of rotatable bonds is 3. The molecule has 0 heteroatoms. The van der Waals surface area contributed by atoms with Crippen LogP contribution < -0.4 is 0 Å². The van der Waals surface area contributed by atoms with Crippen LogP contribution in [0.2, 0.25) is 0 Å². The fourth-order valence-corrected chi connectivity index (χ4v) is 2.46. The maximum absolute atomic E-state index is 3.34. The normalized spacial score (nSPS) is 20.8. The van der Waals surface area contributed by atoms with Crippen molar-refractivity contribution >= 4 is 0 Å². The molecule has 1 aliphatic carbocycles. The van der Waals surface area contributed by atoms with Gasteiger partial charge in [0, 0.05) is 0 Å². The van der Waals surface area contributed by atoms with Crippen molar-refractivity contribution < 1.29 is 0 Å². The van der Waals surface area contributed by atoms with E-state index in [0.29, 0.717) is 5.41 Å². The van der Waals surface area contributed by atoms with Gasteiger partial charge in [-0.2, -0.15) is 0 Å². The molecule has 0 N–H and O–H groups in total. The molecule has 0 nitrogen and oxygen atoms in total. The third-order valence-electron chi connectivity index (χ3n) is 3.54. The molecule has 0 aliphatic heterocycles. The Bertz CT molecular complexity index is 382. The van der Waals surface area contributed by atoms with Gasteiger partial charge in [0.15, 0.2) is 0 Å². The van der Waals surface area contributed by atoms with Crippen molar-refractivity contribution in [2.45, 2.75) is 60.3 Å². The van der Waals surface area contributed by atoms with Crippen LogP contribution in [-0.4, -0.2) is 0 Å². The molecule has 17 heavy (non-hydrogen) atoms. The van der Waals surface area contributed by atoms with E-state index in [4.69, 9.17) is 0 Å². The lowest BCUT2D eigenvalue weighted by Crippen LogP contribution is -2.18. The first kappa shape index (κ1) is 14.1. The monoisotopic (exact) mass is 230 g/mol. The van der Waals surface area contributed by atoms with Crippen LogP contribution >= 0.6 is 0 Å². The molecule has 0 aromatic rings. The minimum absolute atomic E-state index is 0.341. The predicted octanol–water partition coefficient (Wildman–Crippen LogP) is 5.58. The summed E-state index contributed by atoms with van der Waals surface area (Å²) in [6.07, 6.45) is 11.5. The number of allylic oxidation sites excluding steroid dienone is 5. The van der Waals surface area contributed by atoms with Crippen LogP contribution in [-0.2, 0) is 0 Å². The van der Waals surface area contributed by atoms with Gasteiger partial charge in [0.2, 0.25) is 0 Å². The van der Waals surface area contributed by atoms with Gasteiger partial charge in [0.1, 0.15) is 0 Å². The molecule has 0 saturated heterocycles. The minimum Gasteiger partial charge on any atom is -0.126 e. The summed E-state index contributed by atoms with van der Waals surface area (Å²) in [5, 5.41) is 0. The number of hydrogen-bond acceptors (Lipinski definition) is 0. The maximum atomic E-state index is 3.34. The van der Waals surface area contributed by atoms with Gasteiger partial charge in [-0.25, -0.2) is 0 Å². The zero-order valence-corrected chi connectivity index (χ0v) is 12.1. The molecule has 0 bridgehead atoms. The van der Waals surface area contributed by atoms with E-state index in [1.165, 1.54) is 29.6 Å². The fraction of sp³-hybridized carbons (Fsp3) is 0.588. The van der Waals surface area contributed by atoms with E-state index >= 15 is 0 Å². The molecule has 0 unspecified atom stereocenters. The molecule has 0 heterocycles. The van der Waals surface area contributed by atoms with Crippen molar-refractivity contribution in [2.75, 3.05) is 0 Å². The summed E-state index contributed by atoms with van der Waals surface area (Å²) in [4.78, 5) is 0. The average molecular weight is 230 g/mol. The second kappa shape index (κ2) is 6.07. The molecule has 0 atom stereocenters. The van der Waals surface area contributed by atoms with Gasteiger partial charge in [0.05, 0.1) is 0 Å². The quantitative estimate of drug-likeness (QED) is 0.555. The summed E-state index contributed by atoms with van der Waals surface area (Å²) in [5.41, 5.74) is 8.01. The lowest BCUT2D eigenvalue weighted by molar-refractivity contribution is 0.403. The Morgan fingerprint density at radius 3 is 2.76 bits per heavy atom. The molecular formula is C17H26. The predicted molar refractivity (Wildman–Crippen MR) is 77.0 cm³/mol. The molecular weight excluding hydrogens is 204 g/mol. The molecule has 0 saturated carbocycles. The topological polar surface area (TPSA) is 0 Å². The maximum Gasteiger partial charge on any atom is -0.00593 e. The van der Waals surface area contributed by atoms with Crippen molar-refractivity contribution in [3.05, 3.63) is 40.7 Å². The smallest absolute Gasteiger partial charge is 0.00593 e. The molecule has 1 aliphatic rings. The third-order valence-corrected chi connectivity index (χ3v) is 3.54. The second-order valence-electron chi connectivity index (χ2n) is 5.67. The van der Waals surface area contributed by atoms with Crippen LogP contribution in [0, 0.1) is 5.41 Å². The van der Waals surface area contributed by atoms with E-state index in [1.54, 1.807) is 0 Å². The van der Waals surface area contributed by atoms with E-state index in [-0.39, 0.29) is 0 Å². The Balaban J connectivity index is 2.87. The standard InChI is InChI=1S/C17H26/c1-6-7-9-14(2)11-12-16-15(3)10-8-13-17(16,4)5/h7,10,12H,6,8,11,13H2,1-5H3/b16-12+. The molecule has 0 amide bonds. The van der Waals surface area contributed by atoms with Crippen LogP contribution in [0.4, 0.5) is 0 Å². The van der Waals surface area contributed by atoms with Gasteiger partial charge in [-0.1, -0.05) is 38.5 Å². The Morgan fingerprint density at radius 2 is 2.18 bits per heavy atom. The second-order valence-corrected chi connectivity index (χ2v) is 5.67. The van der Waals surface area contributed by atoms with E-state index in [2.05, 4.69) is 58.6 Å². The van der Waals surface area contributed by atoms with Crippen molar-refractivity contribution in [3.8, 4) is 0 Å². The Labute approximate surface area is 107 Å². The fourth-order valence-electron chi connectivity index (χ4n) is 2.46. The summed E-state index contributed by atoms with van der Waals surface area (Å²) in [7, 11) is 0. The molecule has 0 fully saturated rings. The lowest BCUT2D eigenvalue weighted by Gasteiger charge is -2.32. The summed E-state index contributed by atoms with van der Waals surface area (Å²) >= 11 is 0. The van der Waals surface area contributed by atoms with E-state index in [1.807, 2.05) is 0 Å². The third kappa shape index (κ3) is 4.06. The average Bonchev–Trinajstić information content (AvgIpc) is 2.24. The summed E-state index contributed by atoms with van der Waals surface area (Å²) in [6, 6.07) is 0. The molecule has 0 aromatic heterocycles. The van der Waals surface area contributed by atoms with Crippen LogP contribution in [0.3, 0.4) is 0 Å². The van der Waals surface area contributed by atoms with Crippen LogP contribution in [0.25, 0.3) is 0 Å². The zero-order chi connectivity index (χ0) is 12.9. The number of hydrogen-bond donors (Lipinski definition) is 0. The van der Waals surface area contributed by atoms with Gasteiger partial charge < -0.3 is 0 Å². The molecule has 0 aromatic carbocycles. The van der Waals surface area contributed by atoms with E-state index in [9.17, 15) is 0 Å². The van der Waals surface area contributed by atoms with Crippen molar-refractivity contribution in [1.82, 2.24) is 0 Å². The van der Waals surface area contributed by atoms with Crippen LogP contribution in [0.15, 0.2) is 40.7 Å². The van der Waals surface area contributed by atoms with Gasteiger partial charge >= 0.3 is 0 Å². The Kier molecular flexibility index (Phi) is 5.02.